The second-order valence-electron chi connectivity index (χ2n) is 6.05. The normalized spacial score (nSPS) is 26.3. The van der Waals surface area contributed by atoms with E-state index in [0.29, 0.717) is 12.1 Å². The van der Waals surface area contributed by atoms with Gasteiger partial charge in [-0.25, -0.2) is 4.79 Å². The minimum absolute atomic E-state index is 0.209. The van der Waals surface area contributed by atoms with Crippen molar-refractivity contribution in [2.75, 3.05) is 6.61 Å². The number of hydrogen-bond donors (Lipinski definition) is 2. The van der Waals surface area contributed by atoms with Gasteiger partial charge in [-0.3, -0.25) is 13.9 Å². The van der Waals surface area contributed by atoms with Crippen molar-refractivity contribution in [2.45, 2.75) is 58.6 Å². The van der Waals surface area contributed by atoms with E-state index < -0.39 is 24.1 Å². The minimum Gasteiger partial charge on any atom is -0.394 e. The van der Waals surface area contributed by atoms with Gasteiger partial charge in [0.2, 0.25) is 0 Å². The molecule has 1 aliphatic heterocycles. The maximum Gasteiger partial charge on any atom is 0.333 e. The second kappa shape index (κ2) is 6.76. The van der Waals surface area contributed by atoms with Crippen LogP contribution in [-0.2, 0) is 11.3 Å². The summed E-state index contributed by atoms with van der Waals surface area (Å²) in [6.45, 7) is 5.69. The summed E-state index contributed by atoms with van der Waals surface area (Å²) in [5.41, 5.74) is -0.279. The Morgan fingerprint density at radius 3 is 2.68 bits per heavy atom. The van der Waals surface area contributed by atoms with Crippen molar-refractivity contribution >= 4 is 0 Å². The number of ether oxygens (including phenoxy) is 1. The molecule has 2 unspecified atom stereocenters. The molecule has 22 heavy (non-hydrogen) atoms. The highest BCUT2D eigenvalue weighted by Crippen LogP contribution is 2.27. The van der Waals surface area contributed by atoms with Crippen LogP contribution in [0.4, 0.5) is 0 Å². The number of aliphatic hydroxyl groups excluding tert-OH is 2. The van der Waals surface area contributed by atoms with Crippen molar-refractivity contribution in [3.8, 4) is 0 Å². The summed E-state index contributed by atoms with van der Waals surface area (Å²) < 4.78 is 8.09. The molecule has 0 bridgehead atoms. The minimum atomic E-state index is -0.822. The van der Waals surface area contributed by atoms with Crippen LogP contribution < -0.4 is 11.2 Å². The van der Waals surface area contributed by atoms with E-state index in [-0.39, 0.29) is 24.5 Å². The first kappa shape index (κ1) is 16.9. The zero-order chi connectivity index (χ0) is 16.4. The van der Waals surface area contributed by atoms with Crippen LogP contribution in [0, 0.1) is 12.8 Å². The van der Waals surface area contributed by atoms with Crippen molar-refractivity contribution in [2.24, 2.45) is 5.92 Å². The van der Waals surface area contributed by atoms with Crippen molar-refractivity contribution in [3.63, 3.8) is 0 Å². The third kappa shape index (κ3) is 3.16. The standard InChI is InChI=1S/C15H24N2O5/c1-4-9(2)6-17-14(20)10(3)7-16(15(17)21)13-5-11(19)12(8-18)22-13/h7,9,11-13,18-19H,4-6,8H2,1-3H3/t9?,11?,12-,13-/m1/s1. The van der Waals surface area contributed by atoms with Crippen LogP contribution in [0.15, 0.2) is 15.8 Å². The fraction of sp³-hybridized carbons (Fsp3) is 0.733. The maximum absolute atomic E-state index is 12.6. The predicted octanol–water partition coefficient (Wildman–Crippen LogP) is 0.00522. The number of aryl methyl sites for hydroxylation is 1. The zero-order valence-electron chi connectivity index (χ0n) is 13.2. The Labute approximate surface area is 128 Å². The van der Waals surface area contributed by atoms with Crippen LogP contribution in [0.5, 0.6) is 0 Å². The molecular formula is C15H24N2O5. The summed E-state index contributed by atoms with van der Waals surface area (Å²) in [5.74, 6) is 0.209. The summed E-state index contributed by atoms with van der Waals surface area (Å²) in [6, 6.07) is 0. The van der Waals surface area contributed by atoms with Gasteiger partial charge in [0, 0.05) is 24.7 Å². The molecule has 0 amide bonds. The Morgan fingerprint density at radius 1 is 1.45 bits per heavy atom. The van der Waals surface area contributed by atoms with E-state index in [1.807, 2.05) is 13.8 Å². The fourth-order valence-electron chi connectivity index (χ4n) is 2.62. The number of aromatic nitrogens is 2. The third-order valence-corrected chi connectivity index (χ3v) is 4.25. The number of hydrogen-bond acceptors (Lipinski definition) is 5. The molecule has 1 aliphatic rings. The summed E-state index contributed by atoms with van der Waals surface area (Å²) in [6.07, 6.45) is 0.359. The van der Waals surface area contributed by atoms with Crippen LogP contribution in [0.3, 0.4) is 0 Å². The van der Waals surface area contributed by atoms with Gasteiger partial charge >= 0.3 is 5.69 Å². The van der Waals surface area contributed by atoms with Crippen LogP contribution in [0.2, 0.25) is 0 Å². The average molecular weight is 312 g/mol. The highest BCUT2D eigenvalue weighted by Gasteiger charge is 2.35. The van der Waals surface area contributed by atoms with Gasteiger partial charge in [-0.15, -0.1) is 0 Å². The van der Waals surface area contributed by atoms with E-state index in [9.17, 15) is 14.7 Å². The van der Waals surface area contributed by atoms with Gasteiger partial charge in [-0.2, -0.15) is 0 Å². The highest BCUT2D eigenvalue weighted by molar-refractivity contribution is 5.04. The SMILES string of the molecule is CCC(C)Cn1c(=O)c(C)cn([C@H]2CC(O)[C@@H](CO)O2)c1=O. The molecule has 4 atom stereocenters. The van der Waals surface area contributed by atoms with Crippen LogP contribution in [0.1, 0.15) is 38.5 Å². The quantitative estimate of drug-likeness (QED) is 0.798. The molecule has 2 heterocycles. The molecule has 124 valence electrons. The molecule has 1 saturated heterocycles. The summed E-state index contributed by atoms with van der Waals surface area (Å²) in [4.78, 5) is 24.8. The highest BCUT2D eigenvalue weighted by atomic mass is 16.5. The van der Waals surface area contributed by atoms with E-state index in [4.69, 9.17) is 9.84 Å². The molecule has 2 N–H and O–H groups in total. The van der Waals surface area contributed by atoms with Crippen LogP contribution in [-0.4, -0.2) is 38.2 Å². The van der Waals surface area contributed by atoms with E-state index in [1.165, 1.54) is 15.3 Å². The molecule has 7 nitrogen and oxygen atoms in total. The molecule has 0 aromatic carbocycles. The number of aliphatic hydroxyl groups is 2. The first-order chi connectivity index (χ1) is 10.4. The Balaban J connectivity index is 2.42. The third-order valence-electron chi connectivity index (χ3n) is 4.25. The van der Waals surface area contributed by atoms with Crippen LogP contribution >= 0.6 is 0 Å². The van der Waals surface area contributed by atoms with Crippen molar-refractivity contribution in [1.82, 2.24) is 9.13 Å². The van der Waals surface area contributed by atoms with E-state index in [2.05, 4.69) is 0 Å². The maximum atomic E-state index is 12.6. The lowest BCUT2D eigenvalue weighted by molar-refractivity contribution is -0.0464. The first-order valence-corrected chi connectivity index (χ1v) is 7.66. The summed E-state index contributed by atoms with van der Waals surface area (Å²) in [7, 11) is 0. The Kier molecular flexibility index (Phi) is 5.20. The molecule has 1 aromatic rings. The lowest BCUT2D eigenvalue weighted by Gasteiger charge is -2.18. The molecule has 0 radical (unpaired) electrons. The number of rotatable bonds is 5. The molecule has 7 heteroatoms. The van der Waals surface area contributed by atoms with Crippen molar-refractivity contribution in [1.29, 1.82) is 0 Å². The molecule has 1 aromatic heterocycles. The second-order valence-corrected chi connectivity index (χ2v) is 6.05. The largest absolute Gasteiger partial charge is 0.394 e. The van der Waals surface area contributed by atoms with Gasteiger partial charge < -0.3 is 14.9 Å². The van der Waals surface area contributed by atoms with Crippen molar-refractivity contribution in [3.05, 3.63) is 32.6 Å². The van der Waals surface area contributed by atoms with Gasteiger partial charge in [-0.1, -0.05) is 20.3 Å². The van der Waals surface area contributed by atoms with E-state index in [1.54, 1.807) is 6.92 Å². The lowest BCUT2D eigenvalue weighted by Crippen LogP contribution is -2.43. The average Bonchev–Trinajstić information content (AvgIpc) is 2.87. The van der Waals surface area contributed by atoms with E-state index >= 15 is 0 Å². The van der Waals surface area contributed by atoms with Crippen LogP contribution in [0.25, 0.3) is 0 Å². The van der Waals surface area contributed by atoms with Gasteiger partial charge in [-0.05, 0) is 12.8 Å². The van der Waals surface area contributed by atoms with Gasteiger partial charge in [0.25, 0.3) is 5.56 Å². The lowest BCUT2D eigenvalue weighted by atomic mass is 10.1. The molecule has 1 fully saturated rings. The Bertz CT molecular complexity index is 636. The predicted molar refractivity (Wildman–Crippen MR) is 80.8 cm³/mol. The summed E-state index contributed by atoms with van der Waals surface area (Å²) >= 11 is 0. The monoisotopic (exact) mass is 312 g/mol. The Hall–Kier alpha value is -1.44. The van der Waals surface area contributed by atoms with Gasteiger partial charge in [0.05, 0.1) is 12.7 Å². The molecule has 0 spiro atoms. The zero-order valence-corrected chi connectivity index (χ0v) is 13.2. The molecule has 0 saturated carbocycles. The smallest absolute Gasteiger partial charge is 0.333 e. The summed E-state index contributed by atoms with van der Waals surface area (Å²) in [5, 5.41) is 19.0. The number of nitrogens with zero attached hydrogens (tertiary/aromatic N) is 2. The topological polar surface area (TPSA) is 93.7 Å². The fourth-order valence-corrected chi connectivity index (χ4v) is 2.62. The van der Waals surface area contributed by atoms with Gasteiger partial charge in [0.1, 0.15) is 12.3 Å². The van der Waals surface area contributed by atoms with Crippen molar-refractivity contribution < 1.29 is 14.9 Å². The van der Waals surface area contributed by atoms with Gasteiger partial charge in [0.15, 0.2) is 0 Å². The first-order valence-electron chi connectivity index (χ1n) is 7.66. The van der Waals surface area contributed by atoms with E-state index in [0.717, 1.165) is 6.42 Å². The molecular weight excluding hydrogens is 288 g/mol. The molecule has 0 aliphatic carbocycles. The molecule has 2 rings (SSSR count). The Morgan fingerprint density at radius 2 is 2.14 bits per heavy atom.